The summed E-state index contributed by atoms with van der Waals surface area (Å²) in [6.07, 6.45) is 0. The van der Waals surface area contributed by atoms with Crippen LogP contribution < -0.4 is 9.47 Å². The Morgan fingerprint density at radius 3 is 1.63 bits per heavy atom. The van der Waals surface area contributed by atoms with Crippen molar-refractivity contribution in [2.75, 3.05) is 7.11 Å². The fourth-order valence-corrected chi connectivity index (χ4v) is 6.85. The van der Waals surface area contributed by atoms with Gasteiger partial charge in [-0.2, -0.15) is 0 Å². The normalized spacial score (nSPS) is 12.4. The number of alkyl halides is 1. The van der Waals surface area contributed by atoms with Gasteiger partial charge in [0.15, 0.2) is 5.78 Å². The number of ketones is 1. The summed E-state index contributed by atoms with van der Waals surface area (Å²) >= 11 is 6.43. The molecule has 0 N–H and O–H groups in total. The van der Waals surface area contributed by atoms with Crippen LogP contribution in [0.15, 0.2) is 140 Å². The van der Waals surface area contributed by atoms with Crippen molar-refractivity contribution in [1.82, 2.24) is 0 Å². The highest BCUT2D eigenvalue weighted by Crippen LogP contribution is 2.56. The minimum atomic E-state index is -0.510. The number of methoxy groups -OCH3 is 1. The van der Waals surface area contributed by atoms with Gasteiger partial charge in [-0.3, -0.25) is 4.79 Å². The third-order valence-corrected chi connectivity index (χ3v) is 9.16. The fourth-order valence-electron chi connectivity index (χ4n) is 6.56. The molecule has 7 rings (SSSR count). The number of aryl methyl sites for hydroxylation is 1. The molecule has 0 saturated heterocycles. The molecule has 4 heteroatoms. The van der Waals surface area contributed by atoms with E-state index in [-0.39, 0.29) is 13.2 Å². The Labute approximate surface area is 276 Å². The quantitative estimate of drug-likeness (QED) is 0.125. The third kappa shape index (κ3) is 5.17. The maximum absolute atomic E-state index is 13.0. The first-order valence-corrected chi connectivity index (χ1v) is 15.5. The molecule has 6 aromatic carbocycles. The van der Waals surface area contributed by atoms with Crippen LogP contribution in [0.2, 0.25) is 0 Å². The first kappa shape index (κ1) is 30.9. The lowest BCUT2D eigenvalue weighted by Crippen LogP contribution is -2.28. The molecule has 46 heavy (non-hydrogen) atoms. The van der Waals surface area contributed by atoms with Crippen molar-refractivity contribution in [2.24, 2.45) is 0 Å². The van der Waals surface area contributed by atoms with Crippen LogP contribution in [0, 0.1) is 6.92 Å². The second kappa shape index (κ2) is 12.7. The molecule has 0 aliphatic heterocycles. The maximum Gasteiger partial charge on any atom is 0.193 e. The van der Waals surface area contributed by atoms with Crippen molar-refractivity contribution in [3.05, 3.63) is 184 Å². The van der Waals surface area contributed by atoms with Gasteiger partial charge in [-0.05, 0) is 112 Å². The van der Waals surface area contributed by atoms with E-state index in [2.05, 4.69) is 85.8 Å². The SMILES string of the molecule is C.COc1ccc(C(=O)c2ccc(Oc3ccc(C4(c5ccc(C)c(CCl)c5)c5ccccc5-c5ccccc54)cc3)cc2)cc1. The summed E-state index contributed by atoms with van der Waals surface area (Å²) in [6.45, 7) is 2.11. The van der Waals surface area contributed by atoms with Crippen LogP contribution in [0.4, 0.5) is 0 Å². The Morgan fingerprint density at radius 2 is 1.11 bits per heavy atom. The van der Waals surface area contributed by atoms with Crippen LogP contribution in [0.5, 0.6) is 17.2 Å². The van der Waals surface area contributed by atoms with Crippen molar-refractivity contribution >= 4 is 17.4 Å². The highest BCUT2D eigenvalue weighted by molar-refractivity contribution is 6.17. The van der Waals surface area contributed by atoms with E-state index in [1.54, 1.807) is 43.5 Å². The number of fused-ring (bicyclic) bond motifs is 3. The Morgan fingerprint density at radius 1 is 0.630 bits per heavy atom. The van der Waals surface area contributed by atoms with Gasteiger partial charge in [0.1, 0.15) is 17.2 Å². The van der Waals surface area contributed by atoms with Gasteiger partial charge in [0.05, 0.1) is 12.5 Å². The molecule has 0 aromatic heterocycles. The molecular weight excluding hydrogens is 588 g/mol. The Balaban J connectivity index is 0.00000372. The van der Waals surface area contributed by atoms with E-state index in [1.165, 1.54) is 33.4 Å². The Kier molecular flexibility index (Phi) is 8.53. The standard InChI is InChI=1S/C41H31ClO3.CH4/c1-27-11-16-32(25-30(27)26-42)41(38-9-5-3-7-36(38)37-8-4-6-10-39(37)41)31-17-23-35(24-18-31)45-34-21-14-29(15-22-34)40(43)28-12-19-33(44-2)20-13-28;/h3-25H,26H2,1-2H3;1H4. The number of halogens is 1. The van der Waals surface area contributed by atoms with E-state index in [0.717, 1.165) is 11.1 Å². The number of rotatable bonds is 8. The highest BCUT2D eigenvalue weighted by atomic mass is 35.5. The molecule has 0 spiro atoms. The number of ether oxygens (including phenoxy) is 2. The molecule has 3 nitrogen and oxygen atoms in total. The third-order valence-electron chi connectivity index (χ3n) is 8.87. The number of carbonyl (C=O) groups excluding carboxylic acids is 1. The Bertz CT molecular complexity index is 1960. The van der Waals surface area contributed by atoms with Gasteiger partial charge < -0.3 is 9.47 Å². The first-order valence-electron chi connectivity index (χ1n) is 15.0. The van der Waals surface area contributed by atoms with E-state index >= 15 is 0 Å². The minimum Gasteiger partial charge on any atom is -0.497 e. The van der Waals surface area contributed by atoms with Crippen LogP contribution in [-0.4, -0.2) is 12.9 Å². The van der Waals surface area contributed by atoms with E-state index in [1.807, 2.05) is 24.3 Å². The lowest BCUT2D eigenvalue weighted by Gasteiger charge is -2.34. The fraction of sp³-hybridized carbons (Fsp3) is 0.119. The van der Waals surface area contributed by atoms with Gasteiger partial charge in [-0.15, -0.1) is 11.6 Å². The van der Waals surface area contributed by atoms with Crippen molar-refractivity contribution < 1.29 is 14.3 Å². The number of hydrogen-bond acceptors (Lipinski definition) is 3. The maximum atomic E-state index is 13.0. The number of hydrogen-bond donors (Lipinski definition) is 0. The molecule has 6 aromatic rings. The van der Waals surface area contributed by atoms with Crippen LogP contribution in [0.1, 0.15) is 56.7 Å². The van der Waals surface area contributed by atoms with Crippen molar-refractivity contribution in [2.45, 2.75) is 25.6 Å². The van der Waals surface area contributed by atoms with Gasteiger partial charge in [0.2, 0.25) is 0 Å². The summed E-state index contributed by atoms with van der Waals surface area (Å²) in [4.78, 5) is 13.0. The first-order chi connectivity index (χ1) is 22.0. The predicted octanol–water partition coefficient (Wildman–Crippen LogP) is 10.8. The number of benzene rings is 6. The summed E-state index contributed by atoms with van der Waals surface area (Å²) in [5.41, 5.74) is 10.3. The molecule has 0 bridgehead atoms. The van der Waals surface area contributed by atoms with Crippen LogP contribution >= 0.6 is 11.6 Å². The molecule has 0 unspecified atom stereocenters. The van der Waals surface area contributed by atoms with Crippen LogP contribution in [-0.2, 0) is 11.3 Å². The molecule has 228 valence electrons. The van der Waals surface area contributed by atoms with Gasteiger partial charge in [-0.25, -0.2) is 0 Å². The molecule has 1 aliphatic carbocycles. The van der Waals surface area contributed by atoms with Gasteiger partial charge in [-0.1, -0.05) is 86.3 Å². The van der Waals surface area contributed by atoms with Crippen LogP contribution in [0.25, 0.3) is 11.1 Å². The van der Waals surface area contributed by atoms with Crippen molar-refractivity contribution in [3.8, 4) is 28.4 Å². The average Bonchev–Trinajstić information content (AvgIpc) is 3.40. The predicted molar refractivity (Wildman–Crippen MR) is 188 cm³/mol. The van der Waals surface area contributed by atoms with E-state index in [0.29, 0.717) is 34.3 Å². The topological polar surface area (TPSA) is 35.5 Å². The van der Waals surface area contributed by atoms with Crippen molar-refractivity contribution in [3.63, 3.8) is 0 Å². The van der Waals surface area contributed by atoms with Gasteiger partial charge in [0.25, 0.3) is 0 Å². The molecular formula is C42H35ClO3. The lowest BCUT2D eigenvalue weighted by atomic mass is 9.67. The largest absolute Gasteiger partial charge is 0.497 e. The molecule has 0 saturated carbocycles. The molecule has 0 heterocycles. The summed E-state index contributed by atoms with van der Waals surface area (Å²) in [5, 5.41) is 0. The summed E-state index contributed by atoms with van der Waals surface area (Å²) in [5.74, 6) is 2.49. The molecule has 0 amide bonds. The monoisotopic (exact) mass is 622 g/mol. The highest BCUT2D eigenvalue weighted by Gasteiger charge is 2.46. The molecule has 0 fully saturated rings. The Hall–Kier alpha value is -5.12. The summed E-state index contributed by atoms with van der Waals surface area (Å²) < 4.78 is 11.5. The minimum absolute atomic E-state index is 0. The number of carbonyl (C=O) groups is 1. The summed E-state index contributed by atoms with van der Waals surface area (Å²) in [6, 6.07) is 46.8. The zero-order valence-electron chi connectivity index (χ0n) is 25.1. The molecule has 1 aliphatic rings. The zero-order chi connectivity index (χ0) is 31.0. The summed E-state index contributed by atoms with van der Waals surface area (Å²) in [7, 11) is 1.61. The van der Waals surface area contributed by atoms with E-state index in [4.69, 9.17) is 21.1 Å². The van der Waals surface area contributed by atoms with Crippen molar-refractivity contribution in [1.29, 1.82) is 0 Å². The average molecular weight is 623 g/mol. The smallest absolute Gasteiger partial charge is 0.193 e. The lowest BCUT2D eigenvalue weighted by molar-refractivity contribution is 0.103. The van der Waals surface area contributed by atoms with Gasteiger partial charge >= 0.3 is 0 Å². The second-order valence-corrected chi connectivity index (χ2v) is 11.6. The second-order valence-electron chi connectivity index (χ2n) is 11.3. The molecule has 0 radical (unpaired) electrons. The van der Waals surface area contributed by atoms with E-state index in [9.17, 15) is 4.79 Å². The molecule has 0 atom stereocenters. The zero-order valence-corrected chi connectivity index (χ0v) is 25.8. The van der Waals surface area contributed by atoms with Crippen LogP contribution in [0.3, 0.4) is 0 Å². The van der Waals surface area contributed by atoms with E-state index < -0.39 is 5.41 Å². The van der Waals surface area contributed by atoms with Gasteiger partial charge in [0, 0.05) is 17.0 Å².